The van der Waals surface area contributed by atoms with Crippen LogP contribution in [0, 0.1) is 22.7 Å². The van der Waals surface area contributed by atoms with Crippen molar-refractivity contribution in [3.63, 3.8) is 0 Å². The first-order valence-electron chi connectivity index (χ1n) is 9.34. The zero-order chi connectivity index (χ0) is 17.9. The van der Waals surface area contributed by atoms with Gasteiger partial charge in [0, 0.05) is 11.3 Å². The lowest BCUT2D eigenvalue weighted by atomic mass is 9.45. The van der Waals surface area contributed by atoms with Crippen LogP contribution in [-0.2, 0) is 14.3 Å². The summed E-state index contributed by atoms with van der Waals surface area (Å²) in [5.74, 6) is 0.132. The Morgan fingerprint density at radius 1 is 1.32 bits per heavy atom. The van der Waals surface area contributed by atoms with Gasteiger partial charge in [-0.2, -0.15) is 0 Å². The lowest BCUT2D eigenvalue weighted by Crippen LogP contribution is -2.60. The molecule has 0 aromatic carbocycles. The molecule has 0 aromatic rings. The molecule has 5 heteroatoms. The Labute approximate surface area is 148 Å². The third-order valence-corrected chi connectivity index (χ3v) is 7.52. The highest BCUT2D eigenvalue weighted by Crippen LogP contribution is 2.65. The fraction of sp³-hybridized carbons (Fsp3) is 0.750. The first kappa shape index (κ1) is 17.3. The molecule has 0 aromatic heterocycles. The van der Waals surface area contributed by atoms with E-state index in [0.717, 1.165) is 25.9 Å². The van der Waals surface area contributed by atoms with Gasteiger partial charge in [0.05, 0.1) is 30.5 Å². The lowest BCUT2D eigenvalue weighted by Gasteiger charge is -2.60. The number of aliphatic hydroxyl groups excluding tert-OH is 2. The van der Waals surface area contributed by atoms with E-state index < -0.39 is 11.5 Å². The van der Waals surface area contributed by atoms with Gasteiger partial charge in [-0.15, -0.1) is 0 Å². The molecule has 138 valence electrons. The summed E-state index contributed by atoms with van der Waals surface area (Å²) in [6.45, 7) is 5.39. The fourth-order valence-electron chi connectivity index (χ4n) is 5.85. The molecule has 4 rings (SSSR count). The number of rotatable bonds is 3. The van der Waals surface area contributed by atoms with Crippen molar-refractivity contribution in [2.45, 2.75) is 51.2 Å². The Morgan fingerprint density at radius 3 is 2.68 bits per heavy atom. The molecule has 2 N–H and O–H groups in total. The van der Waals surface area contributed by atoms with E-state index in [1.54, 1.807) is 0 Å². The van der Waals surface area contributed by atoms with Crippen LogP contribution >= 0.6 is 0 Å². The summed E-state index contributed by atoms with van der Waals surface area (Å²) in [6.07, 6.45) is 8.85. The van der Waals surface area contributed by atoms with E-state index in [4.69, 9.17) is 9.47 Å². The first-order chi connectivity index (χ1) is 11.9. The molecule has 1 unspecified atom stereocenters. The molecule has 6 atom stereocenters. The van der Waals surface area contributed by atoms with Crippen molar-refractivity contribution < 1.29 is 24.5 Å². The van der Waals surface area contributed by atoms with Gasteiger partial charge in [-0.25, -0.2) is 4.79 Å². The van der Waals surface area contributed by atoms with Crippen LogP contribution in [0.4, 0.5) is 0 Å². The number of hydrogen-bond acceptors (Lipinski definition) is 5. The predicted molar refractivity (Wildman–Crippen MR) is 91.6 cm³/mol. The van der Waals surface area contributed by atoms with Gasteiger partial charge in [-0.3, -0.25) is 0 Å². The molecule has 2 heterocycles. The van der Waals surface area contributed by atoms with E-state index in [1.807, 2.05) is 19.1 Å². The summed E-state index contributed by atoms with van der Waals surface area (Å²) in [6, 6.07) is 0. The second-order valence-electron chi connectivity index (χ2n) is 8.76. The summed E-state index contributed by atoms with van der Waals surface area (Å²) in [5, 5.41) is 20.6. The third kappa shape index (κ3) is 2.43. The minimum absolute atomic E-state index is 0.00378. The number of hydrogen-bond donors (Lipinski definition) is 2. The van der Waals surface area contributed by atoms with E-state index >= 15 is 0 Å². The Morgan fingerprint density at radius 2 is 2.08 bits per heavy atom. The number of fused-ring (bicyclic) bond motifs is 1. The molecule has 1 saturated heterocycles. The van der Waals surface area contributed by atoms with Crippen molar-refractivity contribution in [2.75, 3.05) is 19.8 Å². The quantitative estimate of drug-likeness (QED) is 0.602. The first-order valence-corrected chi connectivity index (χ1v) is 9.34. The largest absolute Gasteiger partial charge is 0.458 e. The van der Waals surface area contributed by atoms with Crippen LogP contribution in [0.3, 0.4) is 0 Å². The van der Waals surface area contributed by atoms with E-state index in [1.165, 1.54) is 0 Å². The van der Waals surface area contributed by atoms with Gasteiger partial charge in [0.15, 0.2) is 0 Å². The van der Waals surface area contributed by atoms with Gasteiger partial charge >= 0.3 is 5.97 Å². The van der Waals surface area contributed by atoms with E-state index in [9.17, 15) is 15.0 Å². The highest BCUT2D eigenvalue weighted by molar-refractivity contribution is 5.93. The van der Waals surface area contributed by atoms with Crippen LogP contribution in [-0.4, -0.2) is 47.7 Å². The topological polar surface area (TPSA) is 79.3 Å². The number of carbonyl (C=O) groups excluding carboxylic acids is 1. The van der Waals surface area contributed by atoms with Crippen LogP contribution in [0.5, 0.6) is 0 Å². The van der Waals surface area contributed by atoms with Crippen molar-refractivity contribution in [1.29, 1.82) is 0 Å². The molecule has 2 aliphatic heterocycles. The zero-order valence-electron chi connectivity index (χ0n) is 15.0. The second-order valence-corrected chi connectivity index (χ2v) is 8.76. The Hall–Kier alpha value is -1.17. The average Bonchev–Trinajstić information content (AvgIpc) is 3.24. The molecule has 4 aliphatic rings. The zero-order valence-corrected chi connectivity index (χ0v) is 15.0. The average molecular weight is 348 g/mol. The summed E-state index contributed by atoms with van der Waals surface area (Å²) in [4.78, 5) is 11.7. The Kier molecular flexibility index (Phi) is 3.91. The van der Waals surface area contributed by atoms with E-state index in [-0.39, 0.29) is 35.4 Å². The normalized spacial score (nSPS) is 49.2. The summed E-state index contributed by atoms with van der Waals surface area (Å²) >= 11 is 0. The van der Waals surface area contributed by atoms with E-state index in [2.05, 4.69) is 13.0 Å². The molecule has 1 spiro atoms. The monoisotopic (exact) mass is 348 g/mol. The standard InChI is InChI=1S/C20H28O5/c1-18-8-6-16(22)19(2,11-21)14(18)5-9-20(12-25-20)15(18)4-3-13-7-10-24-17(13)23/h3-4,7,14-16,21-22H,5-6,8-12H2,1-2H3/b4-3+/t14?,15-,16+,18+,19-,20+/m0/s1. The van der Waals surface area contributed by atoms with Gasteiger partial charge in [-0.1, -0.05) is 26.0 Å². The maximum atomic E-state index is 11.7. The molecular formula is C20H28O5. The van der Waals surface area contributed by atoms with Gasteiger partial charge in [0.2, 0.25) is 0 Å². The second kappa shape index (κ2) is 5.66. The fourth-order valence-corrected chi connectivity index (χ4v) is 5.85. The SMILES string of the molecule is C[C@]1(CO)C2CC[C@@]3(CO3)[C@@H](/C=C/C3=CCOC3=O)[C@]2(C)CC[C@H]1O. The number of aliphatic hydroxyl groups is 2. The van der Waals surface area contributed by atoms with Crippen LogP contribution in [0.1, 0.15) is 39.5 Å². The molecule has 25 heavy (non-hydrogen) atoms. The number of epoxide rings is 1. The third-order valence-electron chi connectivity index (χ3n) is 7.52. The van der Waals surface area contributed by atoms with Crippen molar-refractivity contribution >= 4 is 5.97 Å². The lowest BCUT2D eigenvalue weighted by molar-refractivity contribution is -0.167. The predicted octanol–water partition coefficient (Wildman–Crippen LogP) is 1.98. The molecule has 2 aliphatic carbocycles. The summed E-state index contributed by atoms with van der Waals surface area (Å²) in [5.41, 5.74) is -0.0716. The van der Waals surface area contributed by atoms with E-state index in [0.29, 0.717) is 18.6 Å². The molecule has 0 amide bonds. The van der Waals surface area contributed by atoms with Crippen LogP contribution < -0.4 is 0 Å². The summed E-state index contributed by atoms with van der Waals surface area (Å²) in [7, 11) is 0. The van der Waals surface area contributed by atoms with Crippen molar-refractivity contribution in [1.82, 2.24) is 0 Å². The molecule has 3 fully saturated rings. The van der Waals surface area contributed by atoms with Crippen LogP contribution in [0.15, 0.2) is 23.8 Å². The molecule has 0 radical (unpaired) electrons. The van der Waals surface area contributed by atoms with Gasteiger partial charge in [0.25, 0.3) is 0 Å². The molecule has 0 bridgehead atoms. The van der Waals surface area contributed by atoms with Crippen LogP contribution in [0.25, 0.3) is 0 Å². The Balaban J connectivity index is 1.68. The minimum atomic E-state index is -0.485. The summed E-state index contributed by atoms with van der Waals surface area (Å²) < 4.78 is 10.9. The maximum absolute atomic E-state index is 11.7. The Bertz CT molecular complexity index is 634. The maximum Gasteiger partial charge on any atom is 0.338 e. The molecular weight excluding hydrogens is 320 g/mol. The molecule has 2 saturated carbocycles. The smallest absolute Gasteiger partial charge is 0.338 e. The molecule has 5 nitrogen and oxygen atoms in total. The number of ether oxygens (including phenoxy) is 2. The minimum Gasteiger partial charge on any atom is -0.458 e. The highest BCUT2D eigenvalue weighted by atomic mass is 16.6. The van der Waals surface area contributed by atoms with Gasteiger partial charge in [-0.05, 0) is 43.1 Å². The van der Waals surface area contributed by atoms with Crippen molar-refractivity contribution in [3.8, 4) is 0 Å². The number of esters is 1. The van der Waals surface area contributed by atoms with Crippen molar-refractivity contribution in [3.05, 3.63) is 23.8 Å². The number of cyclic esters (lactones) is 1. The van der Waals surface area contributed by atoms with Gasteiger partial charge < -0.3 is 19.7 Å². The highest BCUT2D eigenvalue weighted by Gasteiger charge is 2.66. The van der Waals surface area contributed by atoms with Crippen LogP contribution in [0.2, 0.25) is 0 Å². The van der Waals surface area contributed by atoms with Crippen molar-refractivity contribution in [2.24, 2.45) is 22.7 Å². The van der Waals surface area contributed by atoms with Gasteiger partial charge in [0.1, 0.15) is 6.61 Å². The number of carbonyl (C=O) groups is 1.